The van der Waals surface area contributed by atoms with Gasteiger partial charge in [0.15, 0.2) is 0 Å². The highest BCUT2D eigenvalue weighted by molar-refractivity contribution is 6.30. The van der Waals surface area contributed by atoms with Gasteiger partial charge >= 0.3 is 0 Å². The molecule has 1 aliphatic rings. The molecule has 1 saturated heterocycles. The molecule has 0 saturated carbocycles. The van der Waals surface area contributed by atoms with E-state index < -0.39 is 0 Å². The fraction of sp³-hybridized carbons (Fsp3) is 0.571. The average Bonchev–Trinajstić information content (AvgIpc) is 2.33. The number of hydrogen-bond acceptors (Lipinski definition) is 2. The van der Waals surface area contributed by atoms with Crippen molar-refractivity contribution in [1.82, 2.24) is 10.6 Å². The maximum atomic E-state index is 5.88. The summed E-state index contributed by atoms with van der Waals surface area (Å²) in [5.74, 6) is 0. The number of hydrogen-bond donors (Lipinski definition) is 2. The van der Waals surface area contributed by atoms with E-state index in [9.17, 15) is 0 Å². The summed E-state index contributed by atoms with van der Waals surface area (Å²) in [5, 5.41) is 7.91. The molecule has 0 aliphatic carbocycles. The first kappa shape index (κ1) is 12.9. The van der Waals surface area contributed by atoms with E-state index in [2.05, 4.69) is 29.7 Å². The predicted molar refractivity (Wildman–Crippen MR) is 73.6 cm³/mol. The summed E-state index contributed by atoms with van der Waals surface area (Å²) in [4.78, 5) is 0. The Kier molecular flexibility index (Phi) is 4.84. The van der Waals surface area contributed by atoms with Gasteiger partial charge in [-0.3, -0.25) is 0 Å². The fourth-order valence-electron chi connectivity index (χ4n) is 2.42. The highest BCUT2D eigenvalue weighted by Gasteiger charge is 2.15. The quantitative estimate of drug-likeness (QED) is 0.861. The molecule has 0 spiro atoms. The van der Waals surface area contributed by atoms with Crippen molar-refractivity contribution in [3.05, 3.63) is 34.9 Å². The third-order valence-electron chi connectivity index (χ3n) is 3.31. The molecule has 0 bridgehead atoms. The Hall–Kier alpha value is -0.570. The lowest BCUT2D eigenvalue weighted by Gasteiger charge is -2.27. The third-order valence-corrected chi connectivity index (χ3v) is 3.57. The summed E-state index contributed by atoms with van der Waals surface area (Å²) < 4.78 is 0. The number of nitrogens with one attached hydrogen (secondary N) is 2. The van der Waals surface area contributed by atoms with Crippen LogP contribution in [0.2, 0.25) is 5.02 Å². The summed E-state index contributed by atoms with van der Waals surface area (Å²) in [5.41, 5.74) is 1.35. The van der Waals surface area contributed by atoms with Crippen molar-refractivity contribution in [2.24, 2.45) is 0 Å². The van der Waals surface area contributed by atoms with Crippen LogP contribution in [0, 0.1) is 0 Å². The zero-order chi connectivity index (χ0) is 12.1. The lowest BCUT2D eigenvalue weighted by atomic mass is 10.0. The normalized spacial score (nSPS) is 19.2. The van der Waals surface area contributed by atoms with Gasteiger partial charge in [0.05, 0.1) is 0 Å². The van der Waals surface area contributed by atoms with E-state index in [1.54, 1.807) is 0 Å². The largest absolute Gasteiger partial charge is 0.317 e. The molecule has 3 heteroatoms. The predicted octanol–water partition coefficient (Wildman–Crippen LogP) is 2.61. The van der Waals surface area contributed by atoms with E-state index in [1.807, 2.05) is 12.1 Å². The summed E-state index contributed by atoms with van der Waals surface area (Å²) in [6, 6.07) is 9.37. The van der Waals surface area contributed by atoms with Crippen molar-refractivity contribution in [3.8, 4) is 0 Å². The minimum absolute atomic E-state index is 0.527. The Morgan fingerprint density at radius 2 is 1.94 bits per heavy atom. The first-order valence-corrected chi connectivity index (χ1v) is 6.83. The molecule has 0 radical (unpaired) electrons. The van der Waals surface area contributed by atoms with Crippen LogP contribution in [0.4, 0.5) is 0 Å². The van der Waals surface area contributed by atoms with Gasteiger partial charge in [-0.2, -0.15) is 0 Å². The highest BCUT2D eigenvalue weighted by atomic mass is 35.5. The average molecular weight is 253 g/mol. The maximum Gasteiger partial charge on any atom is 0.0406 e. The second-order valence-electron chi connectivity index (χ2n) is 4.92. The van der Waals surface area contributed by atoms with Crippen LogP contribution in [-0.4, -0.2) is 25.2 Å². The van der Waals surface area contributed by atoms with Crippen LogP contribution < -0.4 is 10.6 Å². The number of halogens is 1. The molecule has 1 fully saturated rings. The molecule has 2 nitrogen and oxygen atoms in total. The van der Waals surface area contributed by atoms with Crippen molar-refractivity contribution in [2.75, 3.05) is 13.1 Å². The molecular weight excluding hydrogens is 232 g/mol. The standard InChI is InChI=1S/C14H21ClN2/c1-11(17-14-6-8-16-9-7-14)10-12-2-4-13(15)5-3-12/h2-5,11,14,16-17H,6-10H2,1H3. The third kappa shape index (κ3) is 4.30. The minimum Gasteiger partial charge on any atom is -0.317 e. The number of rotatable bonds is 4. The van der Waals surface area contributed by atoms with Crippen molar-refractivity contribution in [2.45, 2.75) is 38.3 Å². The first-order chi connectivity index (χ1) is 8.24. The van der Waals surface area contributed by atoms with Gasteiger partial charge in [0, 0.05) is 17.1 Å². The molecule has 1 atom stereocenters. The van der Waals surface area contributed by atoms with Gasteiger partial charge < -0.3 is 10.6 Å². The Balaban J connectivity index is 1.79. The highest BCUT2D eigenvalue weighted by Crippen LogP contribution is 2.12. The Labute approximate surface area is 109 Å². The summed E-state index contributed by atoms with van der Waals surface area (Å²) >= 11 is 5.88. The van der Waals surface area contributed by atoms with Gasteiger partial charge in [0.1, 0.15) is 0 Å². The minimum atomic E-state index is 0.527. The molecule has 1 heterocycles. The van der Waals surface area contributed by atoms with Crippen LogP contribution in [0.5, 0.6) is 0 Å². The summed E-state index contributed by atoms with van der Waals surface area (Å²) in [6.45, 7) is 4.55. The van der Waals surface area contributed by atoms with Crippen molar-refractivity contribution >= 4 is 11.6 Å². The van der Waals surface area contributed by atoms with Crippen LogP contribution in [0.3, 0.4) is 0 Å². The van der Waals surface area contributed by atoms with Crippen molar-refractivity contribution in [3.63, 3.8) is 0 Å². The number of benzene rings is 1. The van der Waals surface area contributed by atoms with E-state index in [0.29, 0.717) is 12.1 Å². The van der Waals surface area contributed by atoms with Crippen LogP contribution in [-0.2, 0) is 6.42 Å². The van der Waals surface area contributed by atoms with Gasteiger partial charge in [0.2, 0.25) is 0 Å². The molecule has 0 amide bonds. The van der Waals surface area contributed by atoms with E-state index in [1.165, 1.54) is 18.4 Å². The molecule has 1 aromatic carbocycles. The van der Waals surface area contributed by atoms with Gasteiger partial charge in [-0.05, 0) is 57.0 Å². The molecular formula is C14H21ClN2. The van der Waals surface area contributed by atoms with Crippen LogP contribution in [0.15, 0.2) is 24.3 Å². The van der Waals surface area contributed by atoms with E-state index in [-0.39, 0.29) is 0 Å². The second kappa shape index (κ2) is 6.39. The Bertz CT molecular complexity index is 331. The van der Waals surface area contributed by atoms with Gasteiger partial charge in [0.25, 0.3) is 0 Å². The SMILES string of the molecule is CC(Cc1ccc(Cl)cc1)NC1CCNCC1. The van der Waals surface area contributed by atoms with E-state index in [0.717, 1.165) is 24.5 Å². The lowest BCUT2D eigenvalue weighted by Crippen LogP contribution is -2.44. The fourth-order valence-corrected chi connectivity index (χ4v) is 2.55. The van der Waals surface area contributed by atoms with Crippen LogP contribution >= 0.6 is 11.6 Å². The molecule has 0 aromatic heterocycles. The summed E-state index contributed by atoms with van der Waals surface area (Å²) in [7, 11) is 0. The zero-order valence-corrected chi connectivity index (χ0v) is 11.1. The summed E-state index contributed by atoms with van der Waals surface area (Å²) in [6.07, 6.45) is 3.55. The molecule has 1 aromatic rings. The first-order valence-electron chi connectivity index (χ1n) is 6.45. The van der Waals surface area contributed by atoms with Crippen LogP contribution in [0.25, 0.3) is 0 Å². The number of piperidine rings is 1. The van der Waals surface area contributed by atoms with Gasteiger partial charge in [-0.15, -0.1) is 0 Å². The molecule has 2 N–H and O–H groups in total. The smallest absolute Gasteiger partial charge is 0.0406 e. The van der Waals surface area contributed by atoms with Gasteiger partial charge in [-0.25, -0.2) is 0 Å². The molecule has 1 unspecified atom stereocenters. The second-order valence-corrected chi connectivity index (χ2v) is 5.36. The maximum absolute atomic E-state index is 5.88. The molecule has 94 valence electrons. The topological polar surface area (TPSA) is 24.1 Å². The lowest BCUT2D eigenvalue weighted by molar-refractivity contribution is 0.355. The molecule has 1 aliphatic heterocycles. The Morgan fingerprint density at radius 1 is 1.29 bits per heavy atom. The van der Waals surface area contributed by atoms with Gasteiger partial charge in [-0.1, -0.05) is 23.7 Å². The van der Waals surface area contributed by atoms with E-state index >= 15 is 0 Å². The molecule has 17 heavy (non-hydrogen) atoms. The van der Waals surface area contributed by atoms with E-state index in [4.69, 9.17) is 11.6 Å². The van der Waals surface area contributed by atoms with Crippen molar-refractivity contribution < 1.29 is 0 Å². The van der Waals surface area contributed by atoms with Crippen molar-refractivity contribution in [1.29, 1.82) is 0 Å². The molecule has 2 rings (SSSR count). The Morgan fingerprint density at radius 3 is 2.59 bits per heavy atom. The van der Waals surface area contributed by atoms with Crippen LogP contribution in [0.1, 0.15) is 25.3 Å². The monoisotopic (exact) mass is 252 g/mol. The zero-order valence-electron chi connectivity index (χ0n) is 10.4.